The van der Waals surface area contributed by atoms with Gasteiger partial charge in [0.15, 0.2) is 0 Å². The Hall–Kier alpha value is -6.19. The maximum absolute atomic E-state index is 13.7. The number of methoxy groups -OCH3 is 1. The summed E-state index contributed by atoms with van der Waals surface area (Å²) in [6.45, 7) is 4.13. The Balaban J connectivity index is 1.02. The maximum Gasteiger partial charge on any atom is 0.376 e. The molecule has 1 aliphatic rings. The number of nitrogens with two attached hydrogens (primary N) is 1. The zero-order valence-electron chi connectivity index (χ0n) is 30.5. The number of ether oxygens (including phenoxy) is 4. The van der Waals surface area contributed by atoms with Gasteiger partial charge in [-0.3, -0.25) is 4.79 Å². The predicted molar refractivity (Wildman–Crippen MR) is 207 cm³/mol. The molecule has 7 rings (SSSR count). The van der Waals surface area contributed by atoms with E-state index in [9.17, 15) is 18.0 Å². The first-order chi connectivity index (χ1) is 26.5. The molecule has 3 aromatic heterocycles. The van der Waals surface area contributed by atoms with E-state index in [1.807, 2.05) is 19.1 Å². The zero-order chi connectivity index (χ0) is 38.7. The van der Waals surface area contributed by atoms with Gasteiger partial charge in [0.25, 0.3) is 15.6 Å². The molecule has 1 fully saturated rings. The van der Waals surface area contributed by atoms with Gasteiger partial charge in [0.05, 0.1) is 42.8 Å². The molecule has 0 saturated carbocycles. The first kappa shape index (κ1) is 37.1. The molecule has 55 heavy (non-hydrogen) atoms. The first-order valence-corrected chi connectivity index (χ1v) is 19.1. The summed E-state index contributed by atoms with van der Waals surface area (Å²) < 4.78 is 53.0. The maximum atomic E-state index is 13.7. The normalized spacial score (nSPS) is 13.5. The lowest BCUT2D eigenvalue weighted by Crippen LogP contribution is -2.37. The van der Waals surface area contributed by atoms with Crippen molar-refractivity contribution in [1.29, 1.82) is 0 Å². The summed E-state index contributed by atoms with van der Waals surface area (Å²) in [6, 6.07) is 20.5. The molecule has 0 spiro atoms. The minimum atomic E-state index is -4.08. The number of fused-ring (bicyclic) bond motifs is 1. The SMILES string of the molecule is COC(=O)c1ncc(N2CCC(OCCOc3cccc(Oc4ccc(N)cc4-c4cn(C)c(=O)c5c4ccn5S(=O)(=O)c4ccc(C)cc4)c3)CC2)cn1. The predicted octanol–water partition coefficient (Wildman–Crippen LogP) is 5.57. The quantitative estimate of drug-likeness (QED) is 0.0936. The molecular formula is C40H40N6O8S. The van der Waals surface area contributed by atoms with Gasteiger partial charge in [-0.25, -0.2) is 27.2 Å². The minimum Gasteiger partial charge on any atom is -0.491 e. The van der Waals surface area contributed by atoms with Gasteiger partial charge in [-0.15, -0.1) is 0 Å². The molecule has 0 atom stereocenters. The zero-order valence-corrected chi connectivity index (χ0v) is 31.4. The molecule has 1 aliphatic heterocycles. The van der Waals surface area contributed by atoms with Crippen LogP contribution in [0.25, 0.3) is 22.0 Å². The molecule has 0 radical (unpaired) electrons. The van der Waals surface area contributed by atoms with Crippen LogP contribution in [0.3, 0.4) is 0 Å². The molecule has 1 saturated heterocycles. The number of aromatic nitrogens is 4. The molecular weight excluding hydrogens is 725 g/mol. The van der Waals surface area contributed by atoms with Crippen LogP contribution in [0, 0.1) is 6.92 Å². The standard InChI is InChI=1S/C40H40N6O8S/c1-26-7-10-32(11-8-26)55(49,50)46-18-15-33-35(25-44(2)39(47)37(33)46)34-21-27(41)9-12-36(34)54-31-6-4-5-30(22-31)53-20-19-52-29-13-16-45(17-14-29)28-23-42-38(43-24-28)40(48)51-3/h4-12,15,18,21-25,29H,13-14,16-17,19-20,41H2,1-3H3. The molecule has 15 heteroatoms. The van der Waals surface area contributed by atoms with Crippen LogP contribution >= 0.6 is 0 Å². The molecule has 0 bridgehead atoms. The molecule has 3 aromatic carbocycles. The van der Waals surface area contributed by atoms with Gasteiger partial charge in [-0.2, -0.15) is 0 Å². The molecule has 14 nitrogen and oxygen atoms in total. The van der Waals surface area contributed by atoms with Gasteiger partial charge in [0, 0.05) is 60.8 Å². The summed E-state index contributed by atoms with van der Waals surface area (Å²) >= 11 is 0. The lowest BCUT2D eigenvalue weighted by Gasteiger charge is -2.33. The van der Waals surface area contributed by atoms with E-state index in [4.69, 9.17) is 19.9 Å². The van der Waals surface area contributed by atoms with Crippen molar-refractivity contribution in [3.63, 3.8) is 0 Å². The van der Waals surface area contributed by atoms with Gasteiger partial charge < -0.3 is 34.1 Å². The number of piperidine rings is 1. The summed E-state index contributed by atoms with van der Waals surface area (Å²) in [5.74, 6) is 0.994. The first-order valence-electron chi connectivity index (χ1n) is 17.6. The van der Waals surface area contributed by atoms with Crippen molar-refractivity contribution in [2.24, 2.45) is 7.05 Å². The van der Waals surface area contributed by atoms with Crippen molar-refractivity contribution >= 4 is 38.3 Å². The van der Waals surface area contributed by atoms with E-state index in [1.165, 1.54) is 30.0 Å². The van der Waals surface area contributed by atoms with Gasteiger partial charge in [-0.1, -0.05) is 23.8 Å². The Labute approximate surface area is 317 Å². The van der Waals surface area contributed by atoms with Gasteiger partial charge in [0.1, 0.15) is 29.4 Å². The van der Waals surface area contributed by atoms with Crippen molar-refractivity contribution in [2.45, 2.75) is 30.8 Å². The Morgan fingerprint density at radius 1 is 0.927 bits per heavy atom. The lowest BCUT2D eigenvalue weighted by molar-refractivity contribution is 0.0202. The van der Waals surface area contributed by atoms with E-state index in [0.717, 1.165) is 41.2 Å². The number of anilines is 2. The van der Waals surface area contributed by atoms with Crippen LogP contribution in [0.2, 0.25) is 0 Å². The average molecular weight is 765 g/mol. The fourth-order valence-electron chi connectivity index (χ4n) is 6.51. The van der Waals surface area contributed by atoms with Crippen molar-refractivity contribution in [3.8, 4) is 28.4 Å². The topological polar surface area (TPSA) is 170 Å². The van der Waals surface area contributed by atoms with E-state index < -0.39 is 21.6 Å². The number of carbonyl (C=O) groups excluding carboxylic acids is 1. The molecule has 0 aliphatic carbocycles. The van der Waals surface area contributed by atoms with Crippen LogP contribution in [-0.4, -0.2) is 72.4 Å². The second-order valence-electron chi connectivity index (χ2n) is 13.1. The average Bonchev–Trinajstić information content (AvgIpc) is 3.66. The second kappa shape index (κ2) is 15.7. The molecule has 6 aromatic rings. The summed E-state index contributed by atoms with van der Waals surface area (Å²) in [7, 11) is -1.21. The molecule has 0 unspecified atom stereocenters. The smallest absolute Gasteiger partial charge is 0.376 e. The number of nitrogen functional groups attached to an aromatic ring is 1. The number of aryl methyl sites for hydroxylation is 2. The fraction of sp³-hybridized carbons (Fsp3) is 0.250. The van der Waals surface area contributed by atoms with E-state index in [-0.39, 0.29) is 22.3 Å². The lowest BCUT2D eigenvalue weighted by atomic mass is 10.0. The highest BCUT2D eigenvalue weighted by molar-refractivity contribution is 7.90. The van der Waals surface area contributed by atoms with Crippen molar-refractivity contribution in [1.82, 2.24) is 18.5 Å². The highest BCUT2D eigenvalue weighted by Gasteiger charge is 2.25. The summed E-state index contributed by atoms with van der Waals surface area (Å²) in [5, 5.41) is 0.431. The molecule has 284 valence electrons. The van der Waals surface area contributed by atoms with Crippen molar-refractivity contribution in [3.05, 3.63) is 119 Å². The molecule has 4 heterocycles. The molecule has 2 N–H and O–H groups in total. The summed E-state index contributed by atoms with van der Waals surface area (Å²) in [5.41, 5.74) is 9.15. The largest absolute Gasteiger partial charge is 0.491 e. The second-order valence-corrected chi connectivity index (χ2v) is 15.0. The number of esters is 1. The number of hydrogen-bond donors (Lipinski definition) is 1. The molecule has 0 amide bonds. The fourth-order valence-corrected chi connectivity index (χ4v) is 7.85. The Morgan fingerprint density at radius 2 is 1.65 bits per heavy atom. The number of pyridine rings is 1. The van der Waals surface area contributed by atoms with Crippen LogP contribution in [0.4, 0.5) is 11.4 Å². The number of carbonyl (C=O) groups is 1. The van der Waals surface area contributed by atoms with Crippen LogP contribution in [0.1, 0.15) is 29.0 Å². The third-order valence-electron chi connectivity index (χ3n) is 9.41. The summed E-state index contributed by atoms with van der Waals surface area (Å²) in [6.07, 6.45) is 8.03. The Kier molecular flexibility index (Phi) is 10.6. The highest BCUT2D eigenvalue weighted by Crippen LogP contribution is 2.39. The number of hydrogen-bond acceptors (Lipinski definition) is 12. The van der Waals surface area contributed by atoms with E-state index in [2.05, 4.69) is 19.6 Å². The van der Waals surface area contributed by atoms with Crippen molar-refractivity contribution < 1.29 is 32.2 Å². The van der Waals surface area contributed by atoms with Gasteiger partial charge >= 0.3 is 5.97 Å². The van der Waals surface area contributed by atoms with Gasteiger partial charge in [0.2, 0.25) is 5.82 Å². The summed E-state index contributed by atoms with van der Waals surface area (Å²) in [4.78, 5) is 35.5. The highest BCUT2D eigenvalue weighted by atomic mass is 32.2. The third kappa shape index (κ3) is 7.88. The van der Waals surface area contributed by atoms with Crippen LogP contribution < -0.4 is 25.7 Å². The Bertz CT molecular complexity index is 2510. The third-order valence-corrected chi connectivity index (χ3v) is 11.1. The van der Waals surface area contributed by atoms with Crippen LogP contribution in [0.5, 0.6) is 17.2 Å². The number of rotatable bonds is 12. The van der Waals surface area contributed by atoms with Crippen LogP contribution in [-0.2, 0) is 26.5 Å². The van der Waals surface area contributed by atoms with Crippen LogP contribution in [0.15, 0.2) is 107 Å². The number of nitrogens with zero attached hydrogens (tertiary/aromatic N) is 5. The Morgan fingerprint density at radius 3 is 2.38 bits per heavy atom. The van der Waals surface area contributed by atoms with Crippen molar-refractivity contribution in [2.75, 3.05) is 44.0 Å². The van der Waals surface area contributed by atoms with E-state index in [0.29, 0.717) is 52.7 Å². The number of benzene rings is 3. The van der Waals surface area contributed by atoms with Gasteiger partial charge in [-0.05, 0) is 68.3 Å². The van der Waals surface area contributed by atoms with E-state index in [1.54, 1.807) is 74.2 Å². The minimum absolute atomic E-state index is 0.0125. The van der Waals surface area contributed by atoms with E-state index >= 15 is 0 Å². The monoisotopic (exact) mass is 764 g/mol.